The molecule has 3 aromatic rings. The quantitative estimate of drug-likeness (QED) is 0.518. The fourth-order valence-electron chi connectivity index (χ4n) is 2.76. The van der Waals surface area contributed by atoms with Crippen molar-refractivity contribution < 1.29 is 19.4 Å². The van der Waals surface area contributed by atoms with Crippen LogP contribution in [0.3, 0.4) is 0 Å². The van der Waals surface area contributed by atoms with Crippen molar-refractivity contribution in [3.05, 3.63) is 107 Å². The van der Waals surface area contributed by atoms with Crippen LogP contribution in [0.25, 0.3) is 0 Å². The van der Waals surface area contributed by atoms with E-state index in [4.69, 9.17) is 16.3 Å². The standard InChI is InChI=1S/C22H17ClO4/c23-19-14-8-7-13-18(19)20(24)15-27-21(25)22(26,16-9-3-1-4-10-16)17-11-5-2-6-12-17/h1-14,26H,15H2. The molecule has 0 atom stereocenters. The number of hydrogen-bond donors (Lipinski definition) is 1. The van der Waals surface area contributed by atoms with Crippen LogP contribution in [0, 0.1) is 0 Å². The van der Waals surface area contributed by atoms with E-state index in [1.54, 1.807) is 84.9 Å². The highest BCUT2D eigenvalue weighted by molar-refractivity contribution is 6.34. The second-order valence-corrected chi connectivity index (χ2v) is 6.33. The Labute approximate surface area is 162 Å². The summed E-state index contributed by atoms with van der Waals surface area (Å²) in [7, 11) is 0. The lowest BCUT2D eigenvalue weighted by Gasteiger charge is -2.27. The van der Waals surface area contributed by atoms with Crippen molar-refractivity contribution in [2.24, 2.45) is 0 Å². The average Bonchev–Trinajstić information content (AvgIpc) is 2.72. The number of hydrogen-bond acceptors (Lipinski definition) is 4. The van der Waals surface area contributed by atoms with Gasteiger partial charge in [-0.1, -0.05) is 84.4 Å². The summed E-state index contributed by atoms with van der Waals surface area (Å²) < 4.78 is 5.19. The number of Topliss-reactive ketones (excluding diaryl/α,β-unsaturated/α-hetero) is 1. The monoisotopic (exact) mass is 380 g/mol. The van der Waals surface area contributed by atoms with Gasteiger partial charge in [0.25, 0.3) is 0 Å². The zero-order valence-electron chi connectivity index (χ0n) is 14.3. The Morgan fingerprint density at radius 2 is 1.30 bits per heavy atom. The minimum absolute atomic E-state index is 0.259. The predicted molar refractivity (Wildman–Crippen MR) is 103 cm³/mol. The number of aliphatic hydroxyl groups is 1. The molecule has 0 aromatic heterocycles. The molecule has 0 unspecified atom stereocenters. The molecular weight excluding hydrogens is 364 g/mol. The van der Waals surface area contributed by atoms with Crippen LogP contribution in [0.15, 0.2) is 84.9 Å². The molecule has 0 aliphatic carbocycles. The Hall–Kier alpha value is -2.95. The van der Waals surface area contributed by atoms with Gasteiger partial charge in [-0.15, -0.1) is 0 Å². The molecule has 0 bridgehead atoms. The number of benzene rings is 3. The van der Waals surface area contributed by atoms with Crippen LogP contribution in [-0.4, -0.2) is 23.5 Å². The maximum atomic E-state index is 12.8. The van der Waals surface area contributed by atoms with Crippen molar-refractivity contribution in [2.45, 2.75) is 5.60 Å². The number of carbonyl (C=O) groups excluding carboxylic acids is 2. The molecular formula is C22H17ClO4. The highest BCUT2D eigenvalue weighted by Crippen LogP contribution is 2.31. The van der Waals surface area contributed by atoms with E-state index in [0.29, 0.717) is 11.1 Å². The van der Waals surface area contributed by atoms with E-state index in [9.17, 15) is 14.7 Å². The van der Waals surface area contributed by atoms with E-state index >= 15 is 0 Å². The van der Waals surface area contributed by atoms with Gasteiger partial charge in [-0.25, -0.2) is 4.79 Å². The van der Waals surface area contributed by atoms with Crippen LogP contribution in [-0.2, 0) is 15.1 Å². The van der Waals surface area contributed by atoms with Crippen LogP contribution < -0.4 is 0 Å². The van der Waals surface area contributed by atoms with Crippen LogP contribution in [0.5, 0.6) is 0 Å². The third-order valence-corrected chi connectivity index (χ3v) is 4.52. The Balaban J connectivity index is 1.87. The van der Waals surface area contributed by atoms with Crippen molar-refractivity contribution >= 4 is 23.4 Å². The third-order valence-electron chi connectivity index (χ3n) is 4.19. The molecule has 0 radical (unpaired) electrons. The number of ether oxygens (including phenoxy) is 1. The lowest BCUT2D eigenvalue weighted by Crippen LogP contribution is -2.39. The van der Waals surface area contributed by atoms with Gasteiger partial charge in [0, 0.05) is 5.56 Å². The van der Waals surface area contributed by atoms with Gasteiger partial charge in [-0.3, -0.25) is 4.79 Å². The summed E-state index contributed by atoms with van der Waals surface area (Å²) >= 11 is 6.01. The maximum absolute atomic E-state index is 12.8. The Kier molecular flexibility index (Phi) is 5.69. The highest BCUT2D eigenvalue weighted by Gasteiger charge is 2.41. The smallest absolute Gasteiger partial charge is 0.348 e. The molecule has 0 fully saturated rings. The minimum atomic E-state index is -2.02. The van der Waals surface area contributed by atoms with E-state index in [2.05, 4.69) is 0 Å². The Morgan fingerprint density at radius 1 is 0.815 bits per heavy atom. The molecule has 5 heteroatoms. The molecule has 0 saturated carbocycles. The molecule has 136 valence electrons. The fourth-order valence-corrected chi connectivity index (χ4v) is 3.00. The van der Waals surface area contributed by atoms with Crippen molar-refractivity contribution in [3.63, 3.8) is 0 Å². The molecule has 0 heterocycles. The first kappa shape index (κ1) is 18.8. The second-order valence-electron chi connectivity index (χ2n) is 5.92. The van der Waals surface area contributed by atoms with Crippen LogP contribution >= 0.6 is 11.6 Å². The van der Waals surface area contributed by atoms with Crippen LogP contribution in [0.1, 0.15) is 21.5 Å². The normalized spacial score (nSPS) is 11.0. The van der Waals surface area contributed by atoms with Gasteiger partial charge in [-0.05, 0) is 23.3 Å². The summed E-state index contributed by atoms with van der Waals surface area (Å²) in [6, 6.07) is 23.4. The summed E-state index contributed by atoms with van der Waals surface area (Å²) in [5, 5.41) is 11.5. The maximum Gasteiger partial charge on any atom is 0.348 e. The SMILES string of the molecule is O=C(COC(=O)C(O)(c1ccccc1)c1ccccc1)c1ccccc1Cl. The largest absolute Gasteiger partial charge is 0.455 e. The summed E-state index contributed by atoms with van der Waals surface area (Å²) in [6.07, 6.45) is 0. The van der Waals surface area contributed by atoms with Gasteiger partial charge in [-0.2, -0.15) is 0 Å². The highest BCUT2D eigenvalue weighted by atomic mass is 35.5. The third kappa shape index (κ3) is 3.92. The van der Waals surface area contributed by atoms with Gasteiger partial charge in [0.2, 0.25) is 11.4 Å². The van der Waals surface area contributed by atoms with Gasteiger partial charge >= 0.3 is 5.97 Å². The van der Waals surface area contributed by atoms with Gasteiger partial charge in [0.05, 0.1) is 5.02 Å². The lowest BCUT2D eigenvalue weighted by atomic mass is 9.86. The zero-order chi connectivity index (χ0) is 19.3. The van der Waals surface area contributed by atoms with E-state index < -0.39 is 24.0 Å². The fraction of sp³-hybridized carbons (Fsp3) is 0.0909. The summed E-state index contributed by atoms with van der Waals surface area (Å²) in [5.41, 5.74) is -1.06. The number of ketones is 1. The molecule has 0 spiro atoms. The topological polar surface area (TPSA) is 63.6 Å². The van der Waals surface area contributed by atoms with Crippen molar-refractivity contribution in [1.82, 2.24) is 0 Å². The summed E-state index contributed by atoms with van der Waals surface area (Å²) in [5.74, 6) is -1.38. The first-order valence-electron chi connectivity index (χ1n) is 8.32. The van der Waals surface area contributed by atoms with Gasteiger partial charge < -0.3 is 9.84 Å². The molecule has 0 aliphatic rings. The first-order valence-corrected chi connectivity index (χ1v) is 8.69. The average molecular weight is 381 g/mol. The molecule has 0 amide bonds. The zero-order valence-corrected chi connectivity index (χ0v) is 15.1. The van der Waals surface area contributed by atoms with E-state index in [-0.39, 0.29) is 10.6 Å². The van der Waals surface area contributed by atoms with Crippen molar-refractivity contribution in [2.75, 3.05) is 6.61 Å². The number of rotatable bonds is 6. The summed E-state index contributed by atoms with van der Waals surface area (Å²) in [4.78, 5) is 25.2. The van der Waals surface area contributed by atoms with Crippen molar-refractivity contribution in [1.29, 1.82) is 0 Å². The number of carbonyl (C=O) groups is 2. The molecule has 3 rings (SSSR count). The summed E-state index contributed by atoms with van der Waals surface area (Å²) in [6.45, 7) is -0.523. The van der Waals surface area contributed by atoms with Gasteiger partial charge in [0.15, 0.2) is 6.61 Å². The van der Waals surface area contributed by atoms with Gasteiger partial charge in [0.1, 0.15) is 0 Å². The van der Waals surface area contributed by atoms with Crippen LogP contribution in [0.4, 0.5) is 0 Å². The lowest BCUT2D eigenvalue weighted by molar-refractivity contribution is -0.160. The minimum Gasteiger partial charge on any atom is -0.455 e. The van der Waals surface area contributed by atoms with E-state index in [0.717, 1.165) is 0 Å². The van der Waals surface area contributed by atoms with Crippen LogP contribution in [0.2, 0.25) is 5.02 Å². The number of esters is 1. The predicted octanol–water partition coefficient (Wildman–Crippen LogP) is 4.00. The molecule has 1 N–H and O–H groups in total. The molecule has 3 aromatic carbocycles. The van der Waals surface area contributed by atoms with Crippen molar-refractivity contribution in [3.8, 4) is 0 Å². The molecule has 0 saturated heterocycles. The molecule has 27 heavy (non-hydrogen) atoms. The Morgan fingerprint density at radius 3 is 1.81 bits per heavy atom. The Bertz CT molecular complexity index is 899. The molecule has 4 nitrogen and oxygen atoms in total. The first-order chi connectivity index (χ1) is 13.0. The van der Waals surface area contributed by atoms with E-state index in [1.165, 1.54) is 0 Å². The molecule has 0 aliphatic heterocycles. The second kappa shape index (κ2) is 8.16. The number of halogens is 1. The van der Waals surface area contributed by atoms with E-state index in [1.807, 2.05) is 0 Å².